The molecule has 1 aromatic rings. The maximum atomic E-state index is 13.0. The second kappa shape index (κ2) is 7.47. The monoisotopic (exact) mass is 322 g/mol. The van der Waals surface area contributed by atoms with Crippen molar-refractivity contribution in [1.82, 2.24) is 10.2 Å². The van der Waals surface area contributed by atoms with E-state index in [0.717, 1.165) is 37.2 Å². The second-order valence-electron chi connectivity index (χ2n) is 4.93. The maximum Gasteiger partial charge on any atom is 0.416 e. The molecule has 1 fully saturated rings. The standard InChI is InChI=1S/C14H18F4N2S/c15-12-2-1-11(13(9-12)14(16,17)18)10-19-3-4-20-5-7-21-8-6-20/h1-2,9,19H,3-8,10H2. The molecule has 0 radical (unpaired) electrons. The number of rotatable bonds is 5. The van der Waals surface area contributed by atoms with Gasteiger partial charge in [0.15, 0.2) is 0 Å². The van der Waals surface area contributed by atoms with E-state index in [-0.39, 0.29) is 12.1 Å². The van der Waals surface area contributed by atoms with Gasteiger partial charge in [-0.15, -0.1) is 0 Å². The van der Waals surface area contributed by atoms with Gasteiger partial charge >= 0.3 is 6.18 Å². The van der Waals surface area contributed by atoms with E-state index in [4.69, 9.17) is 0 Å². The Morgan fingerprint density at radius 2 is 1.90 bits per heavy atom. The Labute approximate surface area is 125 Å². The third kappa shape index (κ3) is 5.16. The van der Waals surface area contributed by atoms with E-state index < -0.39 is 17.6 Å². The number of thioether (sulfide) groups is 1. The summed E-state index contributed by atoms with van der Waals surface area (Å²) in [6.45, 7) is 3.59. The highest BCUT2D eigenvalue weighted by molar-refractivity contribution is 7.99. The number of alkyl halides is 3. The molecule has 0 saturated carbocycles. The van der Waals surface area contributed by atoms with Crippen LogP contribution in [-0.2, 0) is 12.7 Å². The molecular formula is C14H18F4N2S. The quantitative estimate of drug-likeness (QED) is 0.663. The number of hydrogen-bond acceptors (Lipinski definition) is 3. The van der Waals surface area contributed by atoms with Crippen LogP contribution in [0.25, 0.3) is 0 Å². The molecular weight excluding hydrogens is 304 g/mol. The SMILES string of the molecule is Fc1ccc(CNCCN2CCSCC2)c(C(F)(F)F)c1. The van der Waals surface area contributed by atoms with E-state index in [1.165, 1.54) is 6.07 Å². The average Bonchev–Trinajstić information content (AvgIpc) is 2.45. The van der Waals surface area contributed by atoms with Crippen LogP contribution in [0.15, 0.2) is 18.2 Å². The van der Waals surface area contributed by atoms with Crippen LogP contribution < -0.4 is 5.32 Å². The molecule has 0 bridgehead atoms. The van der Waals surface area contributed by atoms with Crippen molar-refractivity contribution < 1.29 is 17.6 Å². The molecule has 0 amide bonds. The lowest BCUT2D eigenvalue weighted by molar-refractivity contribution is -0.138. The minimum atomic E-state index is -4.52. The van der Waals surface area contributed by atoms with E-state index >= 15 is 0 Å². The normalized spacial score (nSPS) is 17.1. The molecule has 0 atom stereocenters. The average molecular weight is 322 g/mol. The fourth-order valence-electron chi connectivity index (χ4n) is 2.25. The molecule has 7 heteroatoms. The summed E-state index contributed by atoms with van der Waals surface area (Å²) in [6, 6.07) is 2.82. The molecule has 1 N–H and O–H groups in total. The molecule has 0 aliphatic carbocycles. The van der Waals surface area contributed by atoms with Gasteiger partial charge in [0.05, 0.1) is 5.56 Å². The van der Waals surface area contributed by atoms with Gasteiger partial charge in [-0.2, -0.15) is 24.9 Å². The zero-order valence-electron chi connectivity index (χ0n) is 11.5. The number of halogens is 4. The lowest BCUT2D eigenvalue weighted by Gasteiger charge is -2.26. The first kappa shape index (κ1) is 16.6. The third-order valence-electron chi connectivity index (χ3n) is 3.40. The van der Waals surface area contributed by atoms with Crippen LogP contribution in [-0.4, -0.2) is 42.6 Å². The van der Waals surface area contributed by atoms with Crippen LogP contribution in [0.1, 0.15) is 11.1 Å². The van der Waals surface area contributed by atoms with Crippen LogP contribution in [0, 0.1) is 5.82 Å². The van der Waals surface area contributed by atoms with Gasteiger partial charge in [0.1, 0.15) is 5.82 Å². The number of benzene rings is 1. The summed E-state index contributed by atoms with van der Waals surface area (Å²) in [5.41, 5.74) is -0.817. The second-order valence-corrected chi connectivity index (χ2v) is 6.15. The summed E-state index contributed by atoms with van der Waals surface area (Å²) in [7, 11) is 0. The fourth-order valence-corrected chi connectivity index (χ4v) is 3.23. The van der Waals surface area contributed by atoms with Gasteiger partial charge in [0.2, 0.25) is 0 Å². The van der Waals surface area contributed by atoms with Crippen molar-refractivity contribution in [2.75, 3.05) is 37.7 Å². The highest BCUT2D eigenvalue weighted by Crippen LogP contribution is 2.32. The third-order valence-corrected chi connectivity index (χ3v) is 4.34. The largest absolute Gasteiger partial charge is 0.416 e. The Balaban J connectivity index is 1.85. The predicted molar refractivity (Wildman–Crippen MR) is 76.9 cm³/mol. The molecule has 0 spiro atoms. The molecule has 2 nitrogen and oxygen atoms in total. The Hall–Kier alpha value is -0.790. The summed E-state index contributed by atoms with van der Waals surface area (Å²) in [5, 5.41) is 3.01. The Morgan fingerprint density at radius 1 is 1.19 bits per heavy atom. The Kier molecular flexibility index (Phi) is 5.89. The smallest absolute Gasteiger partial charge is 0.311 e. The molecule has 118 valence electrons. The molecule has 1 aliphatic rings. The summed E-state index contributed by atoms with van der Waals surface area (Å²) < 4.78 is 51.4. The minimum Gasteiger partial charge on any atom is -0.311 e. The molecule has 1 saturated heterocycles. The lowest BCUT2D eigenvalue weighted by Crippen LogP contribution is -2.37. The van der Waals surface area contributed by atoms with Gasteiger partial charge in [-0.05, 0) is 17.7 Å². The van der Waals surface area contributed by atoms with Crippen molar-refractivity contribution in [3.05, 3.63) is 35.1 Å². The van der Waals surface area contributed by atoms with Gasteiger partial charge in [-0.3, -0.25) is 0 Å². The summed E-state index contributed by atoms with van der Waals surface area (Å²) in [6.07, 6.45) is -4.52. The van der Waals surface area contributed by atoms with E-state index in [9.17, 15) is 17.6 Å². The van der Waals surface area contributed by atoms with Crippen LogP contribution in [0.3, 0.4) is 0 Å². The summed E-state index contributed by atoms with van der Waals surface area (Å²) >= 11 is 1.92. The molecule has 21 heavy (non-hydrogen) atoms. The molecule has 1 heterocycles. The van der Waals surface area contributed by atoms with Crippen molar-refractivity contribution in [1.29, 1.82) is 0 Å². The topological polar surface area (TPSA) is 15.3 Å². The van der Waals surface area contributed by atoms with E-state index in [1.807, 2.05) is 11.8 Å². The first-order valence-electron chi connectivity index (χ1n) is 6.83. The molecule has 1 aromatic carbocycles. The van der Waals surface area contributed by atoms with E-state index in [2.05, 4.69) is 10.2 Å². The lowest BCUT2D eigenvalue weighted by atomic mass is 10.1. The van der Waals surface area contributed by atoms with Gasteiger partial charge in [-0.25, -0.2) is 4.39 Å². The first-order valence-corrected chi connectivity index (χ1v) is 7.99. The fraction of sp³-hybridized carbons (Fsp3) is 0.571. The van der Waals surface area contributed by atoms with Gasteiger partial charge < -0.3 is 10.2 Å². The van der Waals surface area contributed by atoms with Crippen LogP contribution in [0.2, 0.25) is 0 Å². The van der Waals surface area contributed by atoms with Gasteiger partial charge in [0, 0.05) is 44.2 Å². The van der Waals surface area contributed by atoms with Gasteiger partial charge in [-0.1, -0.05) is 6.07 Å². The molecule has 1 aliphatic heterocycles. The highest BCUT2D eigenvalue weighted by Gasteiger charge is 2.33. The zero-order valence-corrected chi connectivity index (χ0v) is 12.4. The molecule has 2 rings (SSSR count). The number of nitrogens with zero attached hydrogens (tertiary/aromatic N) is 1. The van der Waals surface area contributed by atoms with E-state index in [1.54, 1.807) is 0 Å². The Morgan fingerprint density at radius 3 is 2.57 bits per heavy atom. The Bertz CT molecular complexity index is 459. The van der Waals surface area contributed by atoms with Crippen molar-refractivity contribution >= 4 is 11.8 Å². The number of nitrogens with one attached hydrogen (secondary N) is 1. The number of hydrogen-bond donors (Lipinski definition) is 1. The highest BCUT2D eigenvalue weighted by atomic mass is 32.2. The van der Waals surface area contributed by atoms with Crippen molar-refractivity contribution in [3.8, 4) is 0 Å². The zero-order chi connectivity index (χ0) is 15.3. The van der Waals surface area contributed by atoms with Crippen molar-refractivity contribution in [3.63, 3.8) is 0 Å². The van der Waals surface area contributed by atoms with Gasteiger partial charge in [0.25, 0.3) is 0 Å². The first-order chi connectivity index (χ1) is 9.97. The maximum absolute atomic E-state index is 13.0. The summed E-state index contributed by atoms with van der Waals surface area (Å²) in [5.74, 6) is 1.35. The van der Waals surface area contributed by atoms with Crippen LogP contribution >= 0.6 is 11.8 Å². The van der Waals surface area contributed by atoms with Crippen molar-refractivity contribution in [2.45, 2.75) is 12.7 Å². The predicted octanol–water partition coefficient (Wildman–Crippen LogP) is 2.98. The molecule has 0 unspecified atom stereocenters. The van der Waals surface area contributed by atoms with E-state index in [0.29, 0.717) is 12.6 Å². The summed E-state index contributed by atoms with van der Waals surface area (Å²) in [4.78, 5) is 2.29. The van der Waals surface area contributed by atoms with Crippen molar-refractivity contribution in [2.24, 2.45) is 0 Å². The minimum absolute atomic E-state index is 0.0816. The molecule has 0 aromatic heterocycles. The van der Waals surface area contributed by atoms with Crippen LogP contribution in [0.4, 0.5) is 17.6 Å². The van der Waals surface area contributed by atoms with Crippen LogP contribution in [0.5, 0.6) is 0 Å².